The maximum atomic E-state index is 11.7. The van der Waals surface area contributed by atoms with Gasteiger partial charge in [0, 0.05) is 11.8 Å². The van der Waals surface area contributed by atoms with Gasteiger partial charge in [0.05, 0.1) is 12.7 Å². The molecule has 0 saturated carbocycles. The molecule has 3 aromatic rings. The van der Waals surface area contributed by atoms with E-state index in [1.807, 2.05) is 24.3 Å². The highest BCUT2D eigenvalue weighted by molar-refractivity contribution is 6.76. The first-order valence-electron chi connectivity index (χ1n) is 6.80. The minimum atomic E-state index is -2.04. The number of methoxy groups -OCH3 is 1. The lowest BCUT2D eigenvalue weighted by Gasteiger charge is -2.10. The van der Waals surface area contributed by atoms with Gasteiger partial charge >= 0.3 is 0 Å². The van der Waals surface area contributed by atoms with Crippen LogP contribution < -0.4 is 10.1 Å². The Bertz CT molecular complexity index is 903. The number of benzene rings is 2. The van der Waals surface area contributed by atoms with E-state index in [0.717, 1.165) is 5.56 Å². The molecule has 0 unspecified atom stereocenters. The average molecular weight is 386 g/mol. The molecule has 0 aliphatic rings. The van der Waals surface area contributed by atoms with Crippen LogP contribution in [0.2, 0.25) is 0 Å². The monoisotopic (exact) mass is 384 g/mol. The first kappa shape index (κ1) is 16.9. The molecule has 1 amide bonds. The molecule has 1 N–H and O–H groups in total. The van der Waals surface area contributed by atoms with Gasteiger partial charge in [-0.25, -0.2) is 4.98 Å². The molecule has 1 heterocycles. The number of hydrogen-bond acceptors (Lipinski definition) is 4. The highest BCUT2D eigenvalue weighted by Gasteiger charge is 2.30. The Morgan fingerprint density at radius 1 is 1.21 bits per heavy atom. The molecule has 0 saturated heterocycles. The van der Waals surface area contributed by atoms with Crippen molar-refractivity contribution in [3.8, 4) is 17.2 Å². The number of amides is 1. The van der Waals surface area contributed by atoms with Gasteiger partial charge in [-0.1, -0.05) is 46.9 Å². The lowest BCUT2D eigenvalue weighted by Crippen LogP contribution is -2.26. The van der Waals surface area contributed by atoms with Crippen LogP contribution in [0.3, 0.4) is 0 Å². The highest BCUT2D eigenvalue weighted by Crippen LogP contribution is 2.33. The molecule has 8 heteroatoms. The van der Waals surface area contributed by atoms with E-state index in [-0.39, 0.29) is 0 Å². The smallest absolute Gasteiger partial charge is 0.276 e. The molecule has 124 valence electrons. The lowest BCUT2D eigenvalue weighted by molar-refractivity contribution is -0.115. The molecule has 3 rings (SSSR count). The normalized spacial score (nSPS) is 11.5. The molecule has 0 fully saturated rings. The minimum Gasteiger partial charge on any atom is -0.496 e. The van der Waals surface area contributed by atoms with Crippen molar-refractivity contribution < 1.29 is 13.9 Å². The number of para-hydroxylation sites is 1. The molecule has 0 aliphatic carbocycles. The van der Waals surface area contributed by atoms with Crippen LogP contribution in [-0.2, 0) is 4.79 Å². The fourth-order valence-electron chi connectivity index (χ4n) is 2.14. The second-order valence-corrected chi connectivity index (χ2v) is 7.13. The van der Waals surface area contributed by atoms with Crippen LogP contribution >= 0.6 is 34.8 Å². The van der Waals surface area contributed by atoms with Gasteiger partial charge < -0.3 is 14.5 Å². The number of ether oxygens (including phenoxy) is 1. The summed E-state index contributed by atoms with van der Waals surface area (Å²) in [6, 6.07) is 12.3. The first-order valence-corrected chi connectivity index (χ1v) is 7.94. The number of rotatable bonds is 3. The number of carbonyl (C=O) groups excluding carboxylic acids is 1. The maximum Gasteiger partial charge on any atom is 0.276 e. The fourth-order valence-corrected chi connectivity index (χ4v) is 2.28. The van der Waals surface area contributed by atoms with E-state index in [2.05, 4.69) is 10.3 Å². The minimum absolute atomic E-state index is 0.410. The van der Waals surface area contributed by atoms with Crippen LogP contribution in [0.1, 0.15) is 0 Å². The fraction of sp³-hybridized carbons (Fsp3) is 0.125. The van der Waals surface area contributed by atoms with Crippen molar-refractivity contribution in [3.05, 3.63) is 42.5 Å². The summed E-state index contributed by atoms with van der Waals surface area (Å²) in [7, 11) is 1.58. The Kier molecular flexibility index (Phi) is 4.58. The molecule has 0 atom stereocenters. The Hall–Kier alpha value is -1.95. The van der Waals surface area contributed by atoms with Gasteiger partial charge in [0.2, 0.25) is 5.89 Å². The van der Waals surface area contributed by atoms with Crippen LogP contribution in [0.4, 0.5) is 5.69 Å². The van der Waals surface area contributed by atoms with Crippen LogP contribution in [0.15, 0.2) is 46.9 Å². The summed E-state index contributed by atoms with van der Waals surface area (Å²) in [5, 5.41) is 2.50. The largest absolute Gasteiger partial charge is 0.496 e. The Morgan fingerprint density at radius 3 is 2.67 bits per heavy atom. The number of fused-ring (bicyclic) bond motifs is 1. The standard InChI is InChI=1S/C16H11Cl3N2O3/c1-23-12-5-3-2-4-10(12)14-21-11-7-6-9(8-13(11)24-14)20-15(22)16(17,18)19/h2-8H,1H3,(H,20,22). The molecule has 2 aromatic carbocycles. The first-order chi connectivity index (χ1) is 11.4. The number of anilines is 1. The van der Waals surface area contributed by atoms with Gasteiger partial charge in [-0.05, 0) is 24.3 Å². The maximum absolute atomic E-state index is 11.7. The lowest BCUT2D eigenvalue weighted by atomic mass is 10.2. The number of halogens is 3. The SMILES string of the molecule is COc1ccccc1-c1nc2ccc(NC(=O)C(Cl)(Cl)Cl)cc2o1. The van der Waals surface area contributed by atoms with Crippen molar-refractivity contribution in [1.82, 2.24) is 4.98 Å². The van der Waals surface area contributed by atoms with Gasteiger partial charge in [0.25, 0.3) is 9.70 Å². The number of hydrogen-bond donors (Lipinski definition) is 1. The molecule has 0 bridgehead atoms. The molecule has 0 radical (unpaired) electrons. The third-order valence-corrected chi connectivity index (χ3v) is 3.76. The Balaban J connectivity index is 1.96. The zero-order valence-corrected chi connectivity index (χ0v) is 14.6. The molecule has 24 heavy (non-hydrogen) atoms. The van der Waals surface area contributed by atoms with E-state index in [9.17, 15) is 4.79 Å². The number of oxazole rings is 1. The van der Waals surface area contributed by atoms with Crippen molar-refractivity contribution in [2.75, 3.05) is 12.4 Å². The van der Waals surface area contributed by atoms with Crippen molar-refractivity contribution in [3.63, 3.8) is 0 Å². The van der Waals surface area contributed by atoms with Crippen molar-refractivity contribution >= 4 is 57.5 Å². The molecule has 0 spiro atoms. The number of aromatic nitrogens is 1. The van der Waals surface area contributed by atoms with E-state index >= 15 is 0 Å². The molecule has 1 aromatic heterocycles. The van der Waals surface area contributed by atoms with Crippen LogP contribution in [0, 0.1) is 0 Å². The van der Waals surface area contributed by atoms with Crippen LogP contribution in [0.25, 0.3) is 22.6 Å². The van der Waals surface area contributed by atoms with Crippen LogP contribution in [-0.4, -0.2) is 21.8 Å². The number of nitrogens with zero attached hydrogens (tertiary/aromatic N) is 1. The number of alkyl halides is 3. The quantitative estimate of drug-likeness (QED) is 0.657. The molecular formula is C16H11Cl3N2O3. The number of carbonyl (C=O) groups is 1. The van der Waals surface area contributed by atoms with Crippen molar-refractivity contribution in [2.24, 2.45) is 0 Å². The van der Waals surface area contributed by atoms with Gasteiger partial charge in [-0.3, -0.25) is 4.79 Å². The van der Waals surface area contributed by atoms with Crippen molar-refractivity contribution in [1.29, 1.82) is 0 Å². The molecular weight excluding hydrogens is 375 g/mol. The predicted molar refractivity (Wildman–Crippen MR) is 94.9 cm³/mol. The Labute approximate surface area is 152 Å². The summed E-state index contributed by atoms with van der Waals surface area (Å²) in [6.45, 7) is 0. The summed E-state index contributed by atoms with van der Waals surface area (Å²) in [4.78, 5) is 16.1. The number of nitrogens with one attached hydrogen (secondary N) is 1. The predicted octanol–water partition coefficient (Wildman–Crippen LogP) is 4.81. The Morgan fingerprint density at radius 2 is 1.96 bits per heavy atom. The van der Waals surface area contributed by atoms with Crippen molar-refractivity contribution in [2.45, 2.75) is 3.79 Å². The third-order valence-electron chi connectivity index (χ3n) is 3.24. The third kappa shape index (κ3) is 3.43. The summed E-state index contributed by atoms with van der Waals surface area (Å²) in [5.41, 5.74) is 2.27. The van der Waals surface area contributed by atoms with Gasteiger partial charge in [-0.15, -0.1) is 0 Å². The summed E-state index contributed by atoms with van der Waals surface area (Å²) in [6.07, 6.45) is 0. The zero-order chi connectivity index (χ0) is 17.3. The summed E-state index contributed by atoms with van der Waals surface area (Å²) >= 11 is 16.6. The summed E-state index contributed by atoms with van der Waals surface area (Å²) in [5.74, 6) is 0.303. The van der Waals surface area contributed by atoms with Gasteiger partial charge in [-0.2, -0.15) is 0 Å². The van der Waals surface area contributed by atoms with E-state index in [0.29, 0.717) is 28.4 Å². The van der Waals surface area contributed by atoms with Gasteiger partial charge in [0.15, 0.2) is 5.58 Å². The van der Waals surface area contributed by atoms with E-state index in [1.54, 1.807) is 25.3 Å². The molecule has 5 nitrogen and oxygen atoms in total. The molecule has 0 aliphatic heterocycles. The van der Waals surface area contributed by atoms with E-state index < -0.39 is 9.70 Å². The topological polar surface area (TPSA) is 64.4 Å². The van der Waals surface area contributed by atoms with Crippen LogP contribution in [0.5, 0.6) is 5.75 Å². The highest BCUT2D eigenvalue weighted by atomic mass is 35.6. The van der Waals surface area contributed by atoms with E-state index in [1.165, 1.54) is 0 Å². The second-order valence-electron chi connectivity index (χ2n) is 4.85. The average Bonchev–Trinajstić information content (AvgIpc) is 2.97. The summed E-state index contributed by atoms with van der Waals surface area (Å²) < 4.78 is 9.03. The second kappa shape index (κ2) is 6.51. The zero-order valence-electron chi connectivity index (χ0n) is 12.3. The van der Waals surface area contributed by atoms with E-state index in [4.69, 9.17) is 44.0 Å². The van der Waals surface area contributed by atoms with Gasteiger partial charge in [0.1, 0.15) is 11.3 Å².